The number of anilines is 1. The highest BCUT2D eigenvalue weighted by atomic mass is 35.5. The summed E-state index contributed by atoms with van der Waals surface area (Å²) in [5.74, 6) is -1.26. The predicted molar refractivity (Wildman–Crippen MR) is 120 cm³/mol. The van der Waals surface area contributed by atoms with Crippen molar-refractivity contribution in [2.45, 2.75) is 25.4 Å². The Bertz CT molecular complexity index is 864. The molecule has 160 valence electrons. The summed E-state index contributed by atoms with van der Waals surface area (Å²) in [6.45, 7) is 2.80. The molecule has 1 fully saturated rings. The molecule has 1 atom stereocenters. The van der Waals surface area contributed by atoms with E-state index in [2.05, 4.69) is 39.8 Å². The molecule has 1 heterocycles. The number of hydrogen-bond acceptors (Lipinski definition) is 3. The molecule has 7 heteroatoms. The van der Waals surface area contributed by atoms with Crippen LogP contribution in [0, 0.1) is 0 Å². The van der Waals surface area contributed by atoms with E-state index in [4.69, 9.17) is 11.6 Å². The molecule has 0 bridgehead atoms. The van der Waals surface area contributed by atoms with Gasteiger partial charge in [-0.25, -0.2) is 0 Å². The molecule has 2 aromatic rings. The van der Waals surface area contributed by atoms with Crippen molar-refractivity contribution in [3.05, 3.63) is 64.7 Å². The first kappa shape index (κ1) is 22.1. The minimum atomic E-state index is -0.645. The van der Waals surface area contributed by atoms with Crippen molar-refractivity contribution in [1.29, 1.82) is 0 Å². The second-order valence-electron chi connectivity index (χ2n) is 7.89. The minimum absolute atomic E-state index is 0.129. The summed E-state index contributed by atoms with van der Waals surface area (Å²) in [6.07, 6.45) is 2.38. The Morgan fingerprint density at radius 2 is 1.63 bits per heavy atom. The Kier molecular flexibility index (Phi) is 7.71. The SMILES string of the molecule is CN(C)c1ccc([C@H](CNC(=O)C(=O)NCc2ccccc2Cl)[NH+]2CCCC2)cc1. The highest BCUT2D eigenvalue weighted by Gasteiger charge is 2.28. The van der Waals surface area contributed by atoms with Gasteiger partial charge in [0, 0.05) is 49.8 Å². The van der Waals surface area contributed by atoms with Crippen LogP contribution in [0.3, 0.4) is 0 Å². The fourth-order valence-corrected chi connectivity index (χ4v) is 4.06. The molecule has 3 N–H and O–H groups in total. The number of carbonyl (C=O) groups excluding carboxylic acids is 2. The Morgan fingerprint density at radius 3 is 2.27 bits per heavy atom. The Hall–Kier alpha value is -2.57. The normalized spacial score (nSPS) is 14.9. The third-order valence-corrected chi connectivity index (χ3v) is 5.99. The predicted octanol–water partition coefficient (Wildman–Crippen LogP) is 1.56. The minimum Gasteiger partial charge on any atom is -0.378 e. The van der Waals surface area contributed by atoms with Gasteiger partial charge in [-0.2, -0.15) is 0 Å². The highest BCUT2D eigenvalue weighted by molar-refractivity contribution is 6.35. The third-order valence-electron chi connectivity index (χ3n) is 5.62. The molecule has 1 aliphatic heterocycles. The fraction of sp³-hybridized carbons (Fsp3) is 0.391. The first-order chi connectivity index (χ1) is 14.5. The number of nitrogens with one attached hydrogen (secondary N) is 3. The molecule has 1 aliphatic rings. The zero-order valence-electron chi connectivity index (χ0n) is 17.6. The standard InChI is InChI=1S/C23H29ClN4O2/c1-27(2)19-11-9-17(10-12-19)21(28-13-5-6-14-28)16-26-23(30)22(29)25-15-18-7-3-4-8-20(18)24/h3-4,7-12,21H,5-6,13-16H2,1-2H3,(H,25,29)(H,26,30)/p+1/t21-/m0/s1. The number of halogens is 1. The van der Waals surface area contributed by atoms with Crippen molar-refractivity contribution < 1.29 is 14.5 Å². The Morgan fingerprint density at radius 1 is 1.00 bits per heavy atom. The zero-order valence-corrected chi connectivity index (χ0v) is 18.3. The number of nitrogens with zero attached hydrogens (tertiary/aromatic N) is 1. The molecule has 3 rings (SSSR count). The lowest BCUT2D eigenvalue weighted by Crippen LogP contribution is -3.11. The van der Waals surface area contributed by atoms with Crippen molar-refractivity contribution in [2.24, 2.45) is 0 Å². The number of rotatable bonds is 7. The first-order valence-corrected chi connectivity index (χ1v) is 10.7. The molecule has 0 radical (unpaired) electrons. The number of quaternary nitrogens is 1. The Labute approximate surface area is 183 Å². The van der Waals surface area contributed by atoms with Gasteiger partial charge in [0.2, 0.25) is 0 Å². The van der Waals surface area contributed by atoms with Crippen LogP contribution < -0.4 is 20.4 Å². The molecular weight excluding hydrogens is 400 g/mol. The second kappa shape index (κ2) is 10.5. The van der Waals surface area contributed by atoms with Crippen LogP contribution in [-0.2, 0) is 16.1 Å². The van der Waals surface area contributed by atoms with E-state index in [1.165, 1.54) is 23.3 Å². The smallest absolute Gasteiger partial charge is 0.309 e. The maximum atomic E-state index is 12.4. The summed E-state index contributed by atoms with van der Waals surface area (Å²) < 4.78 is 0. The lowest BCUT2D eigenvalue weighted by atomic mass is 10.0. The number of hydrogen-bond donors (Lipinski definition) is 3. The van der Waals surface area contributed by atoms with Gasteiger partial charge in [-0.05, 0) is 23.8 Å². The summed E-state index contributed by atoms with van der Waals surface area (Å²) in [5, 5.41) is 6.04. The number of amides is 2. The lowest BCUT2D eigenvalue weighted by molar-refractivity contribution is -0.918. The van der Waals surface area contributed by atoms with Crippen LogP contribution in [-0.4, -0.2) is 45.5 Å². The van der Waals surface area contributed by atoms with E-state index in [1.54, 1.807) is 6.07 Å². The summed E-state index contributed by atoms with van der Waals surface area (Å²) in [4.78, 5) is 28.1. The van der Waals surface area contributed by atoms with E-state index in [-0.39, 0.29) is 12.6 Å². The summed E-state index contributed by atoms with van der Waals surface area (Å²) in [7, 11) is 4.03. The quantitative estimate of drug-likeness (QED) is 0.585. The van der Waals surface area contributed by atoms with Crippen molar-refractivity contribution in [3.8, 4) is 0 Å². The van der Waals surface area contributed by atoms with Gasteiger partial charge in [0.1, 0.15) is 6.04 Å². The summed E-state index contributed by atoms with van der Waals surface area (Å²) in [5.41, 5.74) is 3.09. The van der Waals surface area contributed by atoms with Gasteiger partial charge in [-0.3, -0.25) is 9.59 Å². The van der Waals surface area contributed by atoms with Crippen LogP contribution in [0.4, 0.5) is 5.69 Å². The molecule has 30 heavy (non-hydrogen) atoms. The van der Waals surface area contributed by atoms with Crippen molar-refractivity contribution in [2.75, 3.05) is 38.6 Å². The van der Waals surface area contributed by atoms with E-state index in [0.29, 0.717) is 11.6 Å². The molecule has 6 nitrogen and oxygen atoms in total. The largest absolute Gasteiger partial charge is 0.378 e. The fourth-order valence-electron chi connectivity index (χ4n) is 3.85. The van der Waals surface area contributed by atoms with Crippen LogP contribution in [0.1, 0.15) is 30.0 Å². The van der Waals surface area contributed by atoms with Gasteiger partial charge in [0.05, 0.1) is 19.6 Å². The number of likely N-dealkylation sites (tertiary alicyclic amines) is 1. The molecule has 1 saturated heterocycles. The van der Waals surface area contributed by atoms with Gasteiger partial charge in [0.15, 0.2) is 0 Å². The van der Waals surface area contributed by atoms with Crippen LogP contribution in [0.2, 0.25) is 5.02 Å². The first-order valence-electron chi connectivity index (χ1n) is 10.4. The number of benzene rings is 2. The molecule has 2 amide bonds. The van der Waals surface area contributed by atoms with Gasteiger partial charge in [-0.15, -0.1) is 0 Å². The van der Waals surface area contributed by atoms with Crippen LogP contribution in [0.25, 0.3) is 0 Å². The molecule has 0 saturated carbocycles. The number of carbonyl (C=O) groups is 2. The third kappa shape index (κ3) is 5.74. The zero-order chi connectivity index (χ0) is 21.5. The lowest BCUT2D eigenvalue weighted by Gasteiger charge is -2.25. The molecule has 0 spiro atoms. The summed E-state index contributed by atoms with van der Waals surface area (Å²) in [6, 6.07) is 15.8. The van der Waals surface area contributed by atoms with Crippen LogP contribution >= 0.6 is 11.6 Å². The highest BCUT2D eigenvalue weighted by Crippen LogP contribution is 2.17. The van der Waals surface area contributed by atoms with E-state index < -0.39 is 11.8 Å². The van der Waals surface area contributed by atoms with Crippen molar-refractivity contribution in [3.63, 3.8) is 0 Å². The molecule has 0 unspecified atom stereocenters. The van der Waals surface area contributed by atoms with E-state index >= 15 is 0 Å². The van der Waals surface area contributed by atoms with Gasteiger partial charge < -0.3 is 20.4 Å². The maximum absolute atomic E-state index is 12.4. The molecule has 0 aromatic heterocycles. The molecule has 2 aromatic carbocycles. The van der Waals surface area contributed by atoms with Crippen molar-refractivity contribution >= 4 is 29.1 Å². The van der Waals surface area contributed by atoms with E-state index in [9.17, 15) is 9.59 Å². The summed E-state index contributed by atoms with van der Waals surface area (Å²) >= 11 is 6.10. The second-order valence-corrected chi connectivity index (χ2v) is 8.30. The van der Waals surface area contributed by atoms with E-state index in [0.717, 1.165) is 24.3 Å². The monoisotopic (exact) mass is 429 g/mol. The van der Waals surface area contributed by atoms with Crippen LogP contribution in [0.15, 0.2) is 48.5 Å². The molecule has 0 aliphatic carbocycles. The van der Waals surface area contributed by atoms with Gasteiger partial charge in [-0.1, -0.05) is 41.9 Å². The van der Waals surface area contributed by atoms with Crippen molar-refractivity contribution in [1.82, 2.24) is 10.6 Å². The van der Waals surface area contributed by atoms with Gasteiger partial charge in [0.25, 0.3) is 0 Å². The topological polar surface area (TPSA) is 65.9 Å². The van der Waals surface area contributed by atoms with E-state index in [1.807, 2.05) is 32.3 Å². The Balaban J connectivity index is 1.59. The van der Waals surface area contributed by atoms with Crippen LogP contribution in [0.5, 0.6) is 0 Å². The molecular formula is C23H30ClN4O2+. The maximum Gasteiger partial charge on any atom is 0.309 e. The average Bonchev–Trinajstić information content (AvgIpc) is 3.28. The van der Waals surface area contributed by atoms with Gasteiger partial charge >= 0.3 is 11.8 Å². The average molecular weight is 430 g/mol.